The topological polar surface area (TPSA) is 143 Å². The maximum Gasteiger partial charge on any atom is 0.262 e. The number of sulfonamides is 2. The lowest BCUT2D eigenvalue weighted by atomic mass is 9.89. The van der Waals surface area contributed by atoms with Gasteiger partial charge in [0, 0.05) is 11.7 Å². The van der Waals surface area contributed by atoms with E-state index >= 15 is 0 Å². The Morgan fingerprint density at radius 3 is 1.87 bits per heavy atom. The van der Waals surface area contributed by atoms with Crippen LogP contribution in [0.15, 0.2) is 88.7 Å². The minimum atomic E-state index is -4.13. The summed E-state index contributed by atoms with van der Waals surface area (Å²) in [5.74, 6) is 0.146. The van der Waals surface area contributed by atoms with Gasteiger partial charge in [-0.3, -0.25) is 9.52 Å². The van der Waals surface area contributed by atoms with E-state index in [0.29, 0.717) is 30.8 Å². The van der Waals surface area contributed by atoms with Gasteiger partial charge in [0.05, 0.1) is 39.0 Å². The van der Waals surface area contributed by atoms with Gasteiger partial charge >= 0.3 is 0 Å². The van der Waals surface area contributed by atoms with Crippen molar-refractivity contribution in [2.45, 2.75) is 154 Å². The van der Waals surface area contributed by atoms with Crippen LogP contribution in [0.2, 0.25) is 0 Å². The van der Waals surface area contributed by atoms with Gasteiger partial charge in [0.1, 0.15) is 5.75 Å². The molecular formula is C48H68N4O6S2. The number of unbranched alkanes of at least 4 members (excludes halogenated alkanes) is 5. The zero-order chi connectivity index (χ0) is 44.0. The summed E-state index contributed by atoms with van der Waals surface area (Å²) in [7, 11) is -8.20. The van der Waals surface area contributed by atoms with Crippen molar-refractivity contribution >= 4 is 48.7 Å². The van der Waals surface area contributed by atoms with Crippen molar-refractivity contribution in [3.05, 3.63) is 101 Å². The lowest BCUT2D eigenvalue weighted by molar-refractivity contribution is 0.102. The number of hydrogen-bond donors (Lipinski definition) is 4. The number of amides is 1. The molecular weight excluding hydrogens is 793 g/mol. The highest BCUT2D eigenvalue weighted by Gasteiger charge is 2.29. The summed E-state index contributed by atoms with van der Waals surface area (Å²) in [6.45, 7) is 19.0. The molecule has 1 unspecified atom stereocenters. The second kappa shape index (κ2) is 22.5. The highest BCUT2D eigenvalue weighted by Crippen LogP contribution is 2.37. The quantitative estimate of drug-likeness (QED) is 0.0514. The Morgan fingerprint density at radius 1 is 0.650 bits per heavy atom. The molecule has 12 heteroatoms. The number of rotatable bonds is 24. The van der Waals surface area contributed by atoms with Crippen LogP contribution in [0.4, 0.5) is 22.7 Å². The third-order valence-electron chi connectivity index (χ3n) is 10.7. The second-order valence-electron chi connectivity index (χ2n) is 16.6. The monoisotopic (exact) mass is 860 g/mol. The van der Waals surface area contributed by atoms with Crippen LogP contribution in [0.5, 0.6) is 5.75 Å². The molecule has 4 N–H and O–H groups in total. The molecule has 0 aliphatic heterocycles. The summed E-state index contributed by atoms with van der Waals surface area (Å²) in [4.78, 5) is 14.3. The molecule has 328 valence electrons. The molecule has 1 atom stereocenters. The first kappa shape index (κ1) is 48.3. The zero-order valence-corrected chi connectivity index (χ0v) is 38.8. The third-order valence-corrected chi connectivity index (χ3v) is 13.8. The fourth-order valence-electron chi connectivity index (χ4n) is 7.08. The molecule has 0 aliphatic rings. The van der Waals surface area contributed by atoms with E-state index in [4.69, 9.17) is 4.74 Å². The van der Waals surface area contributed by atoms with E-state index in [1.807, 2.05) is 71.0 Å². The molecule has 0 radical (unpaired) electrons. The fraction of sp³-hybridized carbons (Fsp3) is 0.479. The van der Waals surface area contributed by atoms with Gasteiger partial charge in [-0.1, -0.05) is 125 Å². The zero-order valence-electron chi connectivity index (χ0n) is 37.2. The molecule has 0 saturated heterocycles. The molecule has 4 rings (SSSR count). The minimum absolute atomic E-state index is 0.0424. The van der Waals surface area contributed by atoms with Gasteiger partial charge < -0.3 is 15.4 Å². The lowest BCUT2D eigenvalue weighted by Gasteiger charge is -2.23. The van der Waals surface area contributed by atoms with E-state index < -0.39 is 26.0 Å². The first-order chi connectivity index (χ1) is 28.5. The Kier molecular flexibility index (Phi) is 18.1. The Bertz CT molecular complexity index is 2210. The van der Waals surface area contributed by atoms with Gasteiger partial charge in [0.25, 0.3) is 15.9 Å². The van der Waals surface area contributed by atoms with Crippen LogP contribution in [0.3, 0.4) is 0 Å². The van der Waals surface area contributed by atoms with E-state index in [1.165, 1.54) is 18.6 Å². The summed E-state index contributed by atoms with van der Waals surface area (Å²) < 4.78 is 68.2. The van der Waals surface area contributed by atoms with Crippen molar-refractivity contribution < 1.29 is 26.4 Å². The highest BCUT2D eigenvalue weighted by molar-refractivity contribution is 7.92. The molecule has 0 bridgehead atoms. The minimum Gasteiger partial charge on any atom is -0.494 e. The first-order valence-electron chi connectivity index (χ1n) is 21.8. The van der Waals surface area contributed by atoms with E-state index in [-0.39, 0.29) is 50.5 Å². The summed E-state index contributed by atoms with van der Waals surface area (Å²) in [6, 6.07) is 22.2. The molecule has 1 amide bonds. The number of anilines is 4. The van der Waals surface area contributed by atoms with E-state index in [2.05, 4.69) is 47.8 Å². The normalized spacial score (nSPS) is 12.5. The summed E-state index contributed by atoms with van der Waals surface area (Å²) in [5.41, 5.74) is 4.14. The summed E-state index contributed by atoms with van der Waals surface area (Å²) >= 11 is 0. The standard InChI is InChI=1S/C48H68N4O6S2/c1-10-13-15-19-29-58-40-26-23-38(24-27-40)49-44-28-25-39(52-60(56,57)47-42(34(6)7)30-36(33(4)5)31-43(47)35(8)9)32-45(44)50-48(53)41-21-17-18-22-46(41)59(54,55)51-37(12-3)20-16-14-11-2/h17-18,21-28,30-35,37,49,51-52H,10-16,19-20,29H2,1-9H3,(H,50,53). The van der Waals surface area contributed by atoms with Crippen LogP contribution in [-0.4, -0.2) is 35.4 Å². The largest absolute Gasteiger partial charge is 0.494 e. The number of ether oxygens (including phenoxy) is 1. The van der Waals surface area contributed by atoms with Crippen molar-refractivity contribution in [3.63, 3.8) is 0 Å². The number of nitrogens with one attached hydrogen (secondary N) is 4. The molecule has 4 aromatic rings. The second-order valence-corrected chi connectivity index (χ2v) is 19.9. The van der Waals surface area contributed by atoms with Crippen molar-refractivity contribution in [2.24, 2.45) is 0 Å². The lowest BCUT2D eigenvalue weighted by Crippen LogP contribution is -2.35. The van der Waals surface area contributed by atoms with Crippen LogP contribution in [0, 0.1) is 0 Å². The average Bonchev–Trinajstić information content (AvgIpc) is 3.21. The Labute approximate surface area is 360 Å². The van der Waals surface area contributed by atoms with Crippen molar-refractivity contribution in [1.82, 2.24) is 4.72 Å². The molecule has 0 fully saturated rings. The van der Waals surface area contributed by atoms with Crippen LogP contribution in [0.25, 0.3) is 0 Å². The van der Waals surface area contributed by atoms with Crippen molar-refractivity contribution in [1.29, 1.82) is 0 Å². The number of carbonyl (C=O) groups excluding carboxylic acids is 1. The Hall–Kier alpha value is -4.39. The van der Waals surface area contributed by atoms with Gasteiger partial charge in [-0.2, -0.15) is 0 Å². The number of hydrogen-bond acceptors (Lipinski definition) is 7. The maximum atomic E-state index is 14.5. The van der Waals surface area contributed by atoms with E-state index in [1.54, 1.807) is 30.3 Å². The number of benzene rings is 4. The van der Waals surface area contributed by atoms with E-state index in [9.17, 15) is 21.6 Å². The number of carbonyl (C=O) groups is 1. The Balaban J connectivity index is 1.74. The van der Waals surface area contributed by atoms with Crippen LogP contribution < -0.4 is 24.8 Å². The van der Waals surface area contributed by atoms with Gasteiger partial charge in [0.15, 0.2) is 0 Å². The van der Waals surface area contributed by atoms with Crippen molar-refractivity contribution in [2.75, 3.05) is 22.0 Å². The third kappa shape index (κ3) is 13.3. The summed E-state index contributed by atoms with van der Waals surface area (Å²) in [5, 5.41) is 6.27. The molecule has 0 aliphatic carbocycles. The molecule has 60 heavy (non-hydrogen) atoms. The predicted molar refractivity (Wildman–Crippen MR) is 248 cm³/mol. The Morgan fingerprint density at radius 2 is 1.27 bits per heavy atom. The SMILES string of the molecule is CCCCCCOc1ccc(Nc2ccc(NS(=O)(=O)c3c(C(C)C)cc(C(C)C)cc3C(C)C)cc2NC(=O)c2ccccc2S(=O)(=O)NC(CC)CCCCC)cc1. The molecule has 10 nitrogen and oxygen atoms in total. The average molecular weight is 861 g/mol. The summed E-state index contributed by atoms with van der Waals surface area (Å²) in [6.07, 6.45) is 8.64. The van der Waals surface area contributed by atoms with Crippen LogP contribution in [0.1, 0.15) is 165 Å². The van der Waals surface area contributed by atoms with Gasteiger partial charge in [-0.25, -0.2) is 21.6 Å². The van der Waals surface area contributed by atoms with Crippen molar-refractivity contribution in [3.8, 4) is 5.75 Å². The van der Waals surface area contributed by atoms with Gasteiger partial charge in [0.2, 0.25) is 10.0 Å². The molecule has 0 aromatic heterocycles. The maximum absolute atomic E-state index is 14.5. The molecule has 0 spiro atoms. The predicted octanol–water partition coefficient (Wildman–Crippen LogP) is 12.4. The smallest absolute Gasteiger partial charge is 0.262 e. The van der Waals surface area contributed by atoms with Crippen LogP contribution in [-0.2, 0) is 20.0 Å². The van der Waals surface area contributed by atoms with E-state index in [0.717, 1.165) is 61.0 Å². The van der Waals surface area contributed by atoms with Gasteiger partial charge in [-0.05, 0) is 108 Å². The first-order valence-corrected chi connectivity index (χ1v) is 24.7. The molecule has 4 aromatic carbocycles. The highest BCUT2D eigenvalue weighted by atomic mass is 32.2. The molecule has 0 heterocycles. The fourth-order valence-corrected chi connectivity index (χ4v) is 10.4. The molecule has 0 saturated carbocycles. The van der Waals surface area contributed by atoms with Crippen LogP contribution >= 0.6 is 0 Å². The van der Waals surface area contributed by atoms with Gasteiger partial charge in [-0.15, -0.1) is 0 Å².